The van der Waals surface area contributed by atoms with Crippen LogP contribution in [0.1, 0.15) is 27.2 Å². The number of amides is 1. The summed E-state index contributed by atoms with van der Waals surface area (Å²) in [6.45, 7) is 4.98. The lowest BCUT2D eigenvalue weighted by atomic mass is 10.1. The number of H-pyrrole nitrogens is 1. The number of nitrogens with two attached hydrogens (primary N) is 1. The minimum Gasteiger partial charge on any atom is -0.454 e. The number of morpholine rings is 1. The maximum absolute atomic E-state index is 14.0. The third-order valence-corrected chi connectivity index (χ3v) is 8.82. The smallest absolute Gasteiger partial charge is 0.241 e. The highest BCUT2D eigenvalue weighted by atomic mass is 32.2. The van der Waals surface area contributed by atoms with Crippen molar-refractivity contribution in [2.24, 2.45) is 0 Å². The summed E-state index contributed by atoms with van der Waals surface area (Å²) in [6.07, 6.45) is 1.38. The highest BCUT2D eigenvalue weighted by molar-refractivity contribution is 7.93. The number of halogens is 1. The van der Waals surface area contributed by atoms with Crippen molar-refractivity contribution in [3.8, 4) is 17.2 Å². The van der Waals surface area contributed by atoms with E-state index in [-0.39, 0.29) is 28.5 Å². The van der Waals surface area contributed by atoms with Crippen LogP contribution in [0.5, 0.6) is 11.5 Å². The van der Waals surface area contributed by atoms with Gasteiger partial charge in [-0.15, -0.1) is 0 Å². The van der Waals surface area contributed by atoms with Crippen molar-refractivity contribution in [3.05, 3.63) is 95.1 Å². The van der Waals surface area contributed by atoms with Gasteiger partial charge in [-0.2, -0.15) is 5.10 Å². The molecule has 0 radical (unpaired) electrons. The maximum atomic E-state index is 14.0. The summed E-state index contributed by atoms with van der Waals surface area (Å²) in [7, 11) is -4.00. The van der Waals surface area contributed by atoms with Gasteiger partial charge >= 0.3 is 0 Å². The number of hydrogen-bond acceptors (Lipinski definition) is 8. The summed E-state index contributed by atoms with van der Waals surface area (Å²) in [5.41, 5.74) is 9.53. The molecule has 0 spiro atoms. The molecule has 12 nitrogen and oxygen atoms in total. The highest BCUT2D eigenvalue weighted by Crippen LogP contribution is 2.30. The third-order valence-electron chi connectivity index (χ3n) is 7.67. The normalized spacial score (nSPS) is 13.6. The zero-order valence-corrected chi connectivity index (χ0v) is 25.9. The molecule has 1 aliphatic heterocycles. The number of fused-ring (bicyclic) bond motifs is 1. The first-order valence-electron chi connectivity index (χ1n) is 14.4. The van der Waals surface area contributed by atoms with Gasteiger partial charge in [0.1, 0.15) is 17.3 Å². The standard InChI is InChI=1S/C32H31FN6O6S/c1-19-13-21-15-27(36-26(21)16-25(19)37-46(42,43)18-30(40)38-9-11-44-12-10-38)31(41)23-17-35-39(32(23)34)28-8-7-22(14-20(28)2)45-29-6-4-3-5-24(29)33/h3-8,13-17,36-37H,9-12,18,34H2,1-2H3. The molecule has 0 unspecified atom stereocenters. The molecule has 46 heavy (non-hydrogen) atoms. The SMILES string of the molecule is Cc1cc2cc(C(=O)c3cnn(-c4ccc(Oc5ccccc5F)cc4C)c3N)[nH]c2cc1NS(=O)(=O)CC(=O)N1CCOCC1. The molecular weight excluding hydrogens is 615 g/mol. The van der Waals surface area contributed by atoms with Crippen molar-refractivity contribution in [1.29, 1.82) is 0 Å². The summed E-state index contributed by atoms with van der Waals surface area (Å²) >= 11 is 0. The first-order chi connectivity index (χ1) is 22.0. The molecule has 4 N–H and O–H groups in total. The minimum atomic E-state index is -4.00. The van der Waals surface area contributed by atoms with Gasteiger partial charge in [-0.25, -0.2) is 17.5 Å². The number of nitrogens with zero attached hydrogens (tertiary/aromatic N) is 3. The molecule has 0 saturated carbocycles. The first kappa shape index (κ1) is 30.8. The number of carbonyl (C=O) groups excluding carboxylic acids is 2. The largest absolute Gasteiger partial charge is 0.454 e. The number of anilines is 2. The van der Waals surface area contributed by atoms with Crippen molar-refractivity contribution >= 4 is 44.1 Å². The van der Waals surface area contributed by atoms with Gasteiger partial charge in [0.2, 0.25) is 21.7 Å². The maximum Gasteiger partial charge on any atom is 0.241 e. The fraction of sp³-hybridized carbons (Fsp3) is 0.219. The summed E-state index contributed by atoms with van der Waals surface area (Å²) in [5, 5.41) is 5.02. The van der Waals surface area contributed by atoms with Crippen molar-refractivity contribution in [1.82, 2.24) is 19.7 Å². The van der Waals surface area contributed by atoms with Crippen molar-refractivity contribution in [2.75, 3.05) is 42.5 Å². The Hall–Kier alpha value is -5.21. The molecule has 3 aromatic carbocycles. The zero-order valence-electron chi connectivity index (χ0n) is 25.0. The van der Waals surface area contributed by atoms with E-state index < -0.39 is 33.3 Å². The Morgan fingerprint density at radius 1 is 1.07 bits per heavy atom. The van der Waals surface area contributed by atoms with Gasteiger partial charge in [-0.3, -0.25) is 14.3 Å². The molecule has 0 aliphatic carbocycles. The van der Waals surface area contributed by atoms with E-state index in [2.05, 4.69) is 14.8 Å². The lowest BCUT2D eigenvalue weighted by molar-refractivity contribution is -0.132. The molecule has 1 saturated heterocycles. The molecule has 1 aliphatic rings. The van der Waals surface area contributed by atoms with E-state index in [1.807, 2.05) is 6.92 Å². The Bertz CT molecular complexity index is 2080. The molecule has 1 amide bonds. The van der Waals surface area contributed by atoms with Gasteiger partial charge < -0.3 is 25.1 Å². The highest BCUT2D eigenvalue weighted by Gasteiger charge is 2.25. The van der Waals surface area contributed by atoms with E-state index in [1.165, 1.54) is 27.9 Å². The Labute approximate surface area is 264 Å². The fourth-order valence-electron chi connectivity index (χ4n) is 5.25. The van der Waals surface area contributed by atoms with Crippen LogP contribution in [0.25, 0.3) is 16.6 Å². The number of ketones is 1. The van der Waals surface area contributed by atoms with Gasteiger partial charge in [0.25, 0.3) is 0 Å². The number of benzene rings is 3. The molecule has 0 atom stereocenters. The summed E-state index contributed by atoms with van der Waals surface area (Å²) < 4.78 is 54.5. The molecule has 6 rings (SSSR count). The van der Waals surface area contributed by atoms with Crippen LogP contribution in [0.15, 0.2) is 66.9 Å². The van der Waals surface area contributed by atoms with Crippen molar-refractivity contribution in [3.63, 3.8) is 0 Å². The predicted octanol–water partition coefficient (Wildman–Crippen LogP) is 4.32. The van der Waals surface area contributed by atoms with Gasteiger partial charge in [0.05, 0.1) is 42.0 Å². The number of nitrogen functional groups attached to an aromatic ring is 1. The van der Waals surface area contributed by atoms with Crippen LogP contribution < -0.4 is 15.2 Å². The minimum absolute atomic E-state index is 0.0954. The van der Waals surface area contributed by atoms with Gasteiger partial charge in [0, 0.05) is 24.0 Å². The average molecular weight is 647 g/mol. The van der Waals surface area contributed by atoms with E-state index in [4.69, 9.17) is 15.2 Å². The monoisotopic (exact) mass is 646 g/mol. The zero-order chi connectivity index (χ0) is 32.6. The number of hydrogen-bond donors (Lipinski definition) is 3. The predicted molar refractivity (Wildman–Crippen MR) is 170 cm³/mol. The van der Waals surface area contributed by atoms with E-state index in [0.717, 1.165) is 5.56 Å². The summed E-state index contributed by atoms with van der Waals surface area (Å²) in [4.78, 5) is 30.6. The average Bonchev–Trinajstić information content (AvgIpc) is 3.61. The first-order valence-corrected chi connectivity index (χ1v) is 16.1. The number of aromatic nitrogens is 3. The molecule has 1 fully saturated rings. The van der Waals surface area contributed by atoms with Gasteiger partial charge in [-0.1, -0.05) is 12.1 Å². The lowest BCUT2D eigenvalue weighted by Crippen LogP contribution is -2.44. The second-order valence-electron chi connectivity index (χ2n) is 11.0. The van der Waals surface area contributed by atoms with E-state index in [1.54, 1.807) is 55.5 Å². The lowest BCUT2D eigenvalue weighted by Gasteiger charge is -2.26. The van der Waals surface area contributed by atoms with Crippen LogP contribution in [-0.2, 0) is 19.6 Å². The Morgan fingerprint density at radius 3 is 2.57 bits per heavy atom. The molecular formula is C32H31FN6O6S. The Morgan fingerprint density at radius 2 is 1.83 bits per heavy atom. The quantitative estimate of drug-likeness (QED) is 0.200. The number of aromatic amines is 1. The Kier molecular flexibility index (Phi) is 8.23. The molecule has 238 valence electrons. The molecule has 14 heteroatoms. The summed E-state index contributed by atoms with van der Waals surface area (Å²) in [5.74, 6) is -1.45. The van der Waals surface area contributed by atoms with Crippen LogP contribution in [0.4, 0.5) is 15.9 Å². The van der Waals surface area contributed by atoms with Crippen LogP contribution >= 0.6 is 0 Å². The summed E-state index contributed by atoms with van der Waals surface area (Å²) in [6, 6.07) is 16.2. The van der Waals surface area contributed by atoms with Gasteiger partial charge in [-0.05, 0) is 73.5 Å². The molecule has 3 heterocycles. The fourth-order valence-corrected chi connectivity index (χ4v) is 6.39. The topological polar surface area (TPSA) is 162 Å². The number of aryl methyl sites for hydroxylation is 2. The number of carbonyl (C=O) groups is 2. The van der Waals surface area contributed by atoms with Crippen LogP contribution in [0.3, 0.4) is 0 Å². The van der Waals surface area contributed by atoms with Gasteiger partial charge in [0.15, 0.2) is 11.6 Å². The number of sulfonamides is 1. The van der Waals surface area contributed by atoms with Crippen LogP contribution in [-0.4, -0.2) is 71.8 Å². The number of para-hydroxylation sites is 1. The van der Waals surface area contributed by atoms with E-state index >= 15 is 0 Å². The van der Waals surface area contributed by atoms with Crippen LogP contribution in [0, 0.1) is 19.7 Å². The number of rotatable bonds is 9. The van der Waals surface area contributed by atoms with E-state index in [9.17, 15) is 22.4 Å². The molecule has 0 bridgehead atoms. The van der Waals surface area contributed by atoms with E-state index in [0.29, 0.717) is 54.2 Å². The molecule has 5 aromatic rings. The van der Waals surface area contributed by atoms with Crippen molar-refractivity contribution < 1.29 is 31.9 Å². The second-order valence-corrected chi connectivity index (χ2v) is 12.7. The second kappa shape index (κ2) is 12.3. The number of ether oxygens (including phenoxy) is 2. The Balaban J connectivity index is 1.20. The van der Waals surface area contributed by atoms with Crippen molar-refractivity contribution in [2.45, 2.75) is 13.8 Å². The molecule has 2 aromatic heterocycles. The third kappa shape index (κ3) is 6.30. The van der Waals surface area contributed by atoms with Crippen LogP contribution in [0.2, 0.25) is 0 Å². The number of nitrogens with one attached hydrogen (secondary N) is 2.